The number of hydrogen-bond donors (Lipinski definition) is 3. The number of aromatic nitrogens is 2. The molecule has 0 radical (unpaired) electrons. The fourth-order valence-corrected chi connectivity index (χ4v) is 2.59. The molecule has 1 aliphatic heterocycles. The average Bonchev–Trinajstić information content (AvgIpc) is 3.13. The van der Waals surface area contributed by atoms with Crippen LogP contribution in [0.25, 0.3) is 11.1 Å². The third-order valence-electron chi connectivity index (χ3n) is 3.86. The van der Waals surface area contributed by atoms with Gasteiger partial charge in [0.05, 0.1) is 24.6 Å². The Bertz CT molecular complexity index is 877. The number of furan rings is 1. The van der Waals surface area contributed by atoms with Crippen LogP contribution in [0.2, 0.25) is 0 Å². The molecule has 142 valence electrons. The van der Waals surface area contributed by atoms with E-state index in [9.17, 15) is 27.9 Å². The van der Waals surface area contributed by atoms with E-state index in [-0.39, 0.29) is 17.9 Å². The summed E-state index contributed by atoms with van der Waals surface area (Å²) in [7, 11) is 0. The number of hydrogen-bond acceptors (Lipinski definition) is 7. The molecule has 2 aromatic rings. The van der Waals surface area contributed by atoms with Gasteiger partial charge < -0.3 is 24.7 Å². The summed E-state index contributed by atoms with van der Waals surface area (Å²) in [5.41, 5.74) is -0.867. The van der Waals surface area contributed by atoms with Crippen LogP contribution in [0.1, 0.15) is 18.4 Å². The summed E-state index contributed by atoms with van der Waals surface area (Å²) in [6.45, 7) is -0.953. The van der Waals surface area contributed by atoms with Crippen LogP contribution in [0.5, 0.6) is 0 Å². The lowest BCUT2D eigenvalue weighted by atomic mass is 10.2. The molecular weight excluding hydrogens is 363 g/mol. The van der Waals surface area contributed by atoms with Crippen LogP contribution >= 0.6 is 0 Å². The van der Waals surface area contributed by atoms with Crippen LogP contribution in [0.4, 0.5) is 13.2 Å². The Hall–Kier alpha value is -2.44. The summed E-state index contributed by atoms with van der Waals surface area (Å²) in [5, 5.41) is 20.8. The number of halogens is 3. The SMILES string of the molecule is O=C(NCc1cc2cn([C@H]3C[C@H](O)[C@@H](CO)O3)c(=O)nc2o1)C(F)(F)F. The number of carbonyl (C=O) groups is 1. The highest BCUT2D eigenvalue weighted by Gasteiger charge is 2.38. The molecule has 0 aromatic carbocycles. The summed E-state index contributed by atoms with van der Waals surface area (Å²) in [4.78, 5) is 26.6. The van der Waals surface area contributed by atoms with Crippen molar-refractivity contribution in [3.05, 3.63) is 28.5 Å². The molecule has 0 aliphatic carbocycles. The lowest BCUT2D eigenvalue weighted by molar-refractivity contribution is -0.173. The summed E-state index contributed by atoms with van der Waals surface area (Å²) >= 11 is 0. The van der Waals surface area contributed by atoms with Crippen molar-refractivity contribution in [1.29, 1.82) is 0 Å². The van der Waals surface area contributed by atoms with Crippen molar-refractivity contribution in [3.63, 3.8) is 0 Å². The van der Waals surface area contributed by atoms with Crippen LogP contribution < -0.4 is 11.0 Å². The monoisotopic (exact) mass is 377 g/mol. The third-order valence-corrected chi connectivity index (χ3v) is 3.86. The lowest BCUT2D eigenvalue weighted by Gasteiger charge is -2.13. The Kier molecular flexibility index (Phi) is 4.73. The molecule has 1 aliphatic rings. The molecule has 3 N–H and O–H groups in total. The number of ether oxygens (including phenoxy) is 1. The van der Waals surface area contributed by atoms with Gasteiger partial charge in [0, 0.05) is 12.6 Å². The second-order valence-electron chi connectivity index (χ2n) is 5.70. The zero-order valence-corrected chi connectivity index (χ0v) is 13.1. The van der Waals surface area contributed by atoms with Gasteiger partial charge in [0.25, 0.3) is 0 Å². The Morgan fingerprint density at radius 3 is 2.81 bits per heavy atom. The van der Waals surface area contributed by atoms with E-state index in [1.807, 2.05) is 0 Å². The first-order valence-electron chi connectivity index (χ1n) is 7.50. The van der Waals surface area contributed by atoms with Gasteiger partial charge in [0.2, 0.25) is 5.71 Å². The third kappa shape index (κ3) is 3.57. The van der Waals surface area contributed by atoms with Crippen molar-refractivity contribution in [3.8, 4) is 0 Å². The van der Waals surface area contributed by atoms with E-state index in [2.05, 4.69) is 4.98 Å². The van der Waals surface area contributed by atoms with Gasteiger partial charge in [-0.05, 0) is 6.07 Å². The summed E-state index contributed by atoms with van der Waals surface area (Å²) in [5.74, 6) is -2.14. The zero-order chi connectivity index (χ0) is 19.1. The maximum atomic E-state index is 12.2. The fourth-order valence-electron chi connectivity index (χ4n) is 2.59. The van der Waals surface area contributed by atoms with E-state index in [0.717, 1.165) is 4.57 Å². The van der Waals surface area contributed by atoms with E-state index in [0.29, 0.717) is 5.39 Å². The van der Waals surface area contributed by atoms with Gasteiger partial charge in [-0.1, -0.05) is 0 Å². The number of nitrogens with zero attached hydrogens (tertiary/aromatic N) is 2. The number of rotatable bonds is 4. The second kappa shape index (κ2) is 6.70. The first-order chi connectivity index (χ1) is 12.2. The Morgan fingerprint density at radius 1 is 1.46 bits per heavy atom. The topological polar surface area (TPSA) is 127 Å². The molecule has 12 heteroatoms. The summed E-state index contributed by atoms with van der Waals surface area (Å²) in [6.07, 6.45) is -6.27. The first-order valence-corrected chi connectivity index (χ1v) is 7.50. The van der Waals surface area contributed by atoms with E-state index in [4.69, 9.17) is 14.3 Å². The maximum absolute atomic E-state index is 12.2. The van der Waals surface area contributed by atoms with Crippen LogP contribution in [0, 0.1) is 0 Å². The van der Waals surface area contributed by atoms with Crippen molar-refractivity contribution in [2.75, 3.05) is 6.61 Å². The van der Waals surface area contributed by atoms with Crippen molar-refractivity contribution in [1.82, 2.24) is 14.9 Å². The van der Waals surface area contributed by atoms with E-state index in [1.165, 1.54) is 12.3 Å². The quantitative estimate of drug-likeness (QED) is 0.674. The summed E-state index contributed by atoms with van der Waals surface area (Å²) < 4.78 is 48.1. The largest absolute Gasteiger partial charge is 0.471 e. The molecule has 1 saturated heterocycles. The molecule has 3 heterocycles. The van der Waals surface area contributed by atoms with Crippen molar-refractivity contribution >= 4 is 17.0 Å². The molecule has 1 amide bonds. The minimum Gasteiger partial charge on any atom is -0.441 e. The van der Waals surface area contributed by atoms with Crippen molar-refractivity contribution < 1.29 is 37.3 Å². The molecule has 26 heavy (non-hydrogen) atoms. The van der Waals surface area contributed by atoms with Crippen LogP contribution in [0.3, 0.4) is 0 Å². The molecule has 9 nitrogen and oxygen atoms in total. The molecule has 3 rings (SSSR count). The molecule has 0 bridgehead atoms. The van der Waals surface area contributed by atoms with E-state index in [1.54, 1.807) is 5.32 Å². The molecule has 1 fully saturated rings. The predicted molar refractivity (Wildman–Crippen MR) is 77.8 cm³/mol. The molecule has 0 saturated carbocycles. The summed E-state index contributed by atoms with van der Waals surface area (Å²) in [6, 6.07) is 1.32. The molecule has 3 atom stereocenters. The highest BCUT2D eigenvalue weighted by atomic mass is 19.4. The van der Waals surface area contributed by atoms with Gasteiger partial charge in [0.1, 0.15) is 18.1 Å². The normalized spacial score (nSPS) is 23.5. The standard InChI is InChI=1S/C14H14F3N3O6/c15-14(16,17)12(23)18-3-7-1-6-4-20(13(24)19-11(6)25-7)10-2-8(22)9(5-21)26-10/h1,4,8-10,21-22H,2-3,5H2,(H,18,23)/t8-,9+,10+/m0/s1. The van der Waals surface area contributed by atoms with Gasteiger partial charge in [-0.3, -0.25) is 9.36 Å². The minimum absolute atomic E-state index is 0.0251. The average molecular weight is 377 g/mol. The number of aliphatic hydroxyl groups is 2. The van der Waals surface area contributed by atoms with Gasteiger partial charge in [-0.15, -0.1) is 0 Å². The smallest absolute Gasteiger partial charge is 0.441 e. The van der Waals surface area contributed by atoms with Gasteiger partial charge in [-0.2, -0.15) is 18.2 Å². The number of alkyl halides is 3. The number of carbonyl (C=O) groups excluding carboxylic acids is 1. The Labute approximate surface area is 143 Å². The van der Waals surface area contributed by atoms with Crippen LogP contribution in [-0.4, -0.2) is 50.7 Å². The van der Waals surface area contributed by atoms with Gasteiger partial charge in [0.15, 0.2) is 0 Å². The zero-order valence-electron chi connectivity index (χ0n) is 13.1. The highest BCUT2D eigenvalue weighted by Crippen LogP contribution is 2.28. The predicted octanol–water partition coefficient (Wildman–Crippen LogP) is -0.191. The minimum atomic E-state index is -5.01. The van der Waals surface area contributed by atoms with Crippen molar-refractivity contribution in [2.24, 2.45) is 0 Å². The Morgan fingerprint density at radius 2 is 2.19 bits per heavy atom. The number of nitrogens with one attached hydrogen (secondary N) is 1. The highest BCUT2D eigenvalue weighted by molar-refractivity contribution is 5.81. The fraction of sp³-hybridized carbons (Fsp3) is 0.500. The first kappa shape index (κ1) is 18.4. The van der Waals surface area contributed by atoms with Gasteiger partial charge in [-0.25, -0.2) is 4.79 Å². The molecule has 0 unspecified atom stereocenters. The number of fused-ring (bicyclic) bond motifs is 1. The lowest BCUT2D eigenvalue weighted by Crippen LogP contribution is -2.36. The second-order valence-corrected chi connectivity index (χ2v) is 5.70. The Balaban J connectivity index is 1.81. The van der Waals surface area contributed by atoms with E-state index < -0.39 is 49.4 Å². The van der Waals surface area contributed by atoms with Crippen LogP contribution in [0.15, 0.2) is 21.5 Å². The number of aliphatic hydroxyl groups excluding tert-OH is 2. The molecule has 2 aromatic heterocycles. The van der Waals surface area contributed by atoms with Crippen molar-refractivity contribution in [2.45, 2.75) is 37.6 Å². The maximum Gasteiger partial charge on any atom is 0.471 e. The van der Waals surface area contributed by atoms with E-state index >= 15 is 0 Å². The number of amides is 1. The molecule has 0 spiro atoms. The van der Waals surface area contributed by atoms with Crippen LogP contribution in [-0.2, 0) is 16.1 Å². The molecular formula is C14H14F3N3O6. The van der Waals surface area contributed by atoms with Gasteiger partial charge >= 0.3 is 17.8 Å².